The molecular weight excluding hydrogens is 182 g/mol. The fourth-order valence-electron chi connectivity index (χ4n) is 1.31. The van der Waals surface area contributed by atoms with Gasteiger partial charge in [-0.3, -0.25) is 15.1 Å². The molecule has 1 heterocycles. The van der Waals surface area contributed by atoms with Crippen molar-refractivity contribution in [1.29, 1.82) is 0 Å². The summed E-state index contributed by atoms with van der Waals surface area (Å²) < 4.78 is 4.97. The average Bonchev–Trinajstić information content (AvgIpc) is 2.26. The first-order valence-electron chi connectivity index (χ1n) is 4.64. The average molecular weight is 199 g/mol. The van der Waals surface area contributed by atoms with Gasteiger partial charge in [-0.2, -0.15) is 0 Å². The molecule has 2 N–H and O–H groups in total. The highest BCUT2D eigenvalue weighted by Gasteiger charge is 2.40. The standard InChI is InChI=1S/C9H17N3O2/c1-6(2)10-8-11-7(13)9(3,12-8)5-14-4/h6H,5H2,1-4H3,(H2,10,11,12,13). The smallest absolute Gasteiger partial charge is 0.254 e. The van der Waals surface area contributed by atoms with E-state index in [1.165, 1.54) is 0 Å². The van der Waals surface area contributed by atoms with Crippen LogP contribution in [0.1, 0.15) is 20.8 Å². The van der Waals surface area contributed by atoms with Crippen LogP contribution in [0.15, 0.2) is 4.99 Å². The minimum atomic E-state index is -0.692. The van der Waals surface area contributed by atoms with Crippen molar-refractivity contribution in [3.63, 3.8) is 0 Å². The lowest BCUT2D eigenvalue weighted by Gasteiger charge is -2.19. The first kappa shape index (κ1) is 11.0. The first-order chi connectivity index (χ1) is 6.48. The maximum absolute atomic E-state index is 11.5. The SMILES string of the molecule is COCC1(C)NC(=NC(C)C)NC1=O. The topological polar surface area (TPSA) is 62.7 Å². The summed E-state index contributed by atoms with van der Waals surface area (Å²) in [7, 11) is 1.57. The fraction of sp³-hybridized carbons (Fsp3) is 0.778. The summed E-state index contributed by atoms with van der Waals surface area (Å²) in [6, 6.07) is 0.155. The quantitative estimate of drug-likeness (QED) is 0.666. The Bertz CT molecular complexity index is 263. The third-order valence-electron chi connectivity index (χ3n) is 1.95. The zero-order valence-electron chi connectivity index (χ0n) is 9.05. The van der Waals surface area contributed by atoms with Crippen molar-refractivity contribution >= 4 is 11.9 Å². The molecule has 14 heavy (non-hydrogen) atoms. The Kier molecular flexibility index (Phi) is 3.10. The number of aliphatic imine (C=N–C) groups is 1. The van der Waals surface area contributed by atoms with E-state index in [0.29, 0.717) is 12.6 Å². The zero-order valence-corrected chi connectivity index (χ0v) is 9.05. The summed E-state index contributed by atoms with van der Waals surface area (Å²) in [5, 5.41) is 5.69. The maximum Gasteiger partial charge on any atom is 0.254 e. The molecule has 1 aliphatic rings. The van der Waals surface area contributed by atoms with Crippen LogP contribution >= 0.6 is 0 Å². The molecule has 0 aliphatic carbocycles. The summed E-state index contributed by atoms with van der Waals surface area (Å²) in [4.78, 5) is 15.8. The van der Waals surface area contributed by atoms with Crippen LogP contribution in [-0.4, -0.2) is 37.2 Å². The predicted molar refractivity (Wildman–Crippen MR) is 54.1 cm³/mol. The van der Waals surface area contributed by atoms with Gasteiger partial charge in [0.1, 0.15) is 5.54 Å². The largest absolute Gasteiger partial charge is 0.382 e. The Morgan fingerprint density at radius 1 is 1.57 bits per heavy atom. The van der Waals surface area contributed by atoms with E-state index in [-0.39, 0.29) is 11.9 Å². The fourth-order valence-corrected chi connectivity index (χ4v) is 1.31. The summed E-state index contributed by atoms with van der Waals surface area (Å²) in [5.74, 6) is 0.434. The van der Waals surface area contributed by atoms with Crippen molar-refractivity contribution in [3.8, 4) is 0 Å². The highest BCUT2D eigenvalue weighted by molar-refractivity contribution is 6.08. The summed E-state index contributed by atoms with van der Waals surface area (Å²) in [6.07, 6.45) is 0. The van der Waals surface area contributed by atoms with Gasteiger partial charge >= 0.3 is 0 Å². The second-order valence-electron chi connectivity index (χ2n) is 3.92. The van der Waals surface area contributed by atoms with E-state index < -0.39 is 5.54 Å². The molecule has 0 aromatic rings. The van der Waals surface area contributed by atoms with Gasteiger partial charge in [0.2, 0.25) is 0 Å². The highest BCUT2D eigenvalue weighted by Crippen LogP contribution is 2.09. The number of hydrogen-bond acceptors (Lipinski definition) is 3. The van der Waals surface area contributed by atoms with Crippen LogP contribution in [0.4, 0.5) is 0 Å². The van der Waals surface area contributed by atoms with Crippen molar-refractivity contribution in [2.24, 2.45) is 4.99 Å². The van der Waals surface area contributed by atoms with Gasteiger partial charge in [0, 0.05) is 13.2 Å². The number of methoxy groups -OCH3 is 1. The van der Waals surface area contributed by atoms with Gasteiger partial charge in [-0.15, -0.1) is 0 Å². The van der Waals surface area contributed by atoms with Gasteiger partial charge in [-0.05, 0) is 20.8 Å². The van der Waals surface area contributed by atoms with Crippen LogP contribution in [0, 0.1) is 0 Å². The third kappa shape index (κ3) is 2.23. The molecule has 0 aromatic carbocycles. The molecule has 0 bridgehead atoms. The summed E-state index contributed by atoms with van der Waals surface area (Å²) in [5.41, 5.74) is -0.692. The highest BCUT2D eigenvalue weighted by atomic mass is 16.5. The Morgan fingerprint density at radius 3 is 2.71 bits per heavy atom. The van der Waals surface area contributed by atoms with Gasteiger partial charge in [0.25, 0.3) is 5.91 Å². The molecule has 0 radical (unpaired) electrons. The van der Waals surface area contributed by atoms with E-state index >= 15 is 0 Å². The Morgan fingerprint density at radius 2 is 2.21 bits per heavy atom. The molecular formula is C9H17N3O2. The van der Waals surface area contributed by atoms with Crippen molar-refractivity contribution in [2.45, 2.75) is 32.4 Å². The molecule has 0 saturated carbocycles. The van der Waals surface area contributed by atoms with Crippen LogP contribution in [0.2, 0.25) is 0 Å². The van der Waals surface area contributed by atoms with Crippen LogP contribution < -0.4 is 10.6 Å². The van der Waals surface area contributed by atoms with E-state index in [4.69, 9.17) is 4.74 Å². The predicted octanol–water partition coefficient (Wildman–Crippen LogP) is -0.125. The first-order valence-corrected chi connectivity index (χ1v) is 4.64. The van der Waals surface area contributed by atoms with Gasteiger partial charge in [-0.25, -0.2) is 0 Å². The van der Waals surface area contributed by atoms with E-state index in [1.54, 1.807) is 14.0 Å². The van der Waals surface area contributed by atoms with Crippen LogP contribution in [0.5, 0.6) is 0 Å². The normalized spacial score (nSPS) is 29.5. The second kappa shape index (κ2) is 3.96. The van der Waals surface area contributed by atoms with Crippen molar-refractivity contribution in [1.82, 2.24) is 10.6 Å². The van der Waals surface area contributed by atoms with Gasteiger partial charge in [0.05, 0.1) is 6.61 Å². The number of rotatable bonds is 3. The van der Waals surface area contributed by atoms with E-state index in [2.05, 4.69) is 15.6 Å². The number of nitrogens with one attached hydrogen (secondary N) is 2. The van der Waals surface area contributed by atoms with Gasteiger partial charge in [0.15, 0.2) is 5.96 Å². The number of ether oxygens (including phenoxy) is 1. The number of guanidine groups is 1. The minimum absolute atomic E-state index is 0.0984. The number of carbonyl (C=O) groups excluding carboxylic acids is 1. The lowest BCUT2D eigenvalue weighted by atomic mass is 10.1. The Hall–Kier alpha value is -1.10. The Balaban J connectivity index is 2.73. The molecule has 0 spiro atoms. The van der Waals surface area contributed by atoms with Crippen molar-refractivity contribution < 1.29 is 9.53 Å². The maximum atomic E-state index is 11.5. The number of hydrogen-bond donors (Lipinski definition) is 2. The molecule has 1 atom stereocenters. The van der Waals surface area contributed by atoms with Crippen molar-refractivity contribution in [2.75, 3.05) is 13.7 Å². The molecule has 1 amide bonds. The van der Waals surface area contributed by atoms with E-state index in [1.807, 2.05) is 13.8 Å². The molecule has 0 aromatic heterocycles. The molecule has 1 fully saturated rings. The van der Waals surface area contributed by atoms with Gasteiger partial charge < -0.3 is 10.1 Å². The Labute approximate surface area is 83.9 Å². The lowest BCUT2D eigenvalue weighted by molar-refractivity contribution is -0.125. The van der Waals surface area contributed by atoms with Crippen LogP contribution in [0.3, 0.4) is 0 Å². The monoisotopic (exact) mass is 199 g/mol. The molecule has 5 nitrogen and oxygen atoms in total. The molecule has 1 rings (SSSR count). The van der Waals surface area contributed by atoms with Crippen molar-refractivity contribution in [3.05, 3.63) is 0 Å². The second-order valence-corrected chi connectivity index (χ2v) is 3.92. The molecule has 80 valence electrons. The van der Waals surface area contributed by atoms with E-state index in [9.17, 15) is 4.79 Å². The van der Waals surface area contributed by atoms with Crippen LogP contribution in [0.25, 0.3) is 0 Å². The third-order valence-corrected chi connectivity index (χ3v) is 1.95. The molecule has 1 unspecified atom stereocenters. The minimum Gasteiger partial charge on any atom is -0.382 e. The summed E-state index contributed by atoms with van der Waals surface area (Å²) in [6.45, 7) is 6.02. The van der Waals surface area contributed by atoms with Crippen LogP contribution in [-0.2, 0) is 9.53 Å². The molecule has 5 heteroatoms. The summed E-state index contributed by atoms with van der Waals surface area (Å²) >= 11 is 0. The number of nitrogens with zero attached hydrogens (tertiary/aromatic N) is 1. The van der Waals surface area contributed by atoms with Gasteiger partial charge in [-0.1, -0.05) is 0 Å². The zero-order chi connectivity index (χ0) is 10.8. The number of carbonyl (C=O) groups is 1. The molecule has 1 saturated heterocycles. The molecule has 1 aliphatic heterocycles. The van der Waals surface area contributed by atoms with E-state index in [0.717, 1.165) is 0 Å². The number of amides is 1. The lowest BCUT2D eigenvalue weighted by Crippen LogP contribution is -2.47.